The fourth-order valence-corrected chi connectivity index (χ4v) is 3.76. The van der Waals surface area contributed by atoms with Gasteiger partial charge in [0, 0.05) is 39.8 Å². The van der Waals surface area contributed by atoms with Crippen LogP contribution in [-0.2, 0) is 29.2 Å². The Morgan fingerprint density at radius 3 is 2.84 bits per heavy atom. The Morgan fingerprint density at radius 2 is 2.08 bits per heavy atom. The van der Waals surface area contributed by atoms with Crippen LogP contribution in [0.25, 0.3) is 0 Å². The van der Waals surface area contributed by atoms with E-state index in [4.69, 9.17) is 0 Å². The zero-order valence-electron chi connectivity index (χ0n) is 15.4. The van der Waals surface area contributed by atoms with Gasteiger partial charge in [0.1, 0.15) is 0 Å². The molecule has 0 aromatic heterocycles. The number of carbonyl (C=O) groups excluding carboxylic acids is 2. The van der Waals surface area contributed by atoms with Crippen molar-refractivity contribution < 1.29 is 9.59 Å². The molecule has 1 N–H and O–H groups in total. The lowest BCUT2D eigenvalue weighted by Gasteiger charge is -2.34. The molecule has 1 fully saturated rings. The van der Waals surface area contributed by atoms with Gasteiger partial charge in [-0.05, 0) is 30.3 Å². The molecule has 0 unspecified atom stereocenters. The maximum Gasteiger partial charge on any atom is 0.237 e. The van der Waals surface area contributed by atoms with Crippen LogP contribution in [0.1, 0.15) is 30.0 Å². The van der Waals surface area contributed by atoms with Crippen molar-refractivity contribution in [2.24, 2.45) is 0 Å². The first-order chi connectivity index (χ1) is 12.0. The summed E-state index contributed by atoms with van der Waals surface area (Å²) < 4.78 is 0. The van der Waals surface area contributed by atoms with E-state index in [-0.39, 0.29) is 24.3 Å². The van der Waals surface area contributed by atoms with Gasteiger partial charge in [0.25, 0.3) is 0 Å². The van der Waals surface area contributed by atoms with Crippen molar-refractivity contribution >= 4 is 11.8 Å². The normalized spacial score (nSPS) is 21.1. The van der Waals surface area contributed by atoms with E-state index in [1.54, 1.807) is 4.90 Å². The number of nitrogens with zero attached hydrogens (tertiary/aromatic N) is 3. The van der Waals surface area contributed by atoms with Gasteiger partial charge in [0.05, 0.1) is 12.5 Å². The second kappa shape index (κ2) is 7.54. The van der Waals surface area contributed by atoms with E-state index in [9.17, 15) is 9.59 Å². The quantitative estimate of drug-likeness (QED) is 0.859. The molecule has 25 heavy (non-hydrogen) atoms. The van der Waals surface area contributed by atoms with E-state index < -0.39 is 0 Å². The molecular weight excluding hydrogens is 316 g/mol. The SMILES string of the molecule is CCN1CCNC(=O)[C@H]1CC(=O)N(C)Cc1ccc2c(c1)CN(C)C2. The van der Waals surface area contributed by atoms with Crippen LogP contribution in [0.2, 0.25) is 0 Å². The minimum absolute atomic E-state index is 0.0121. The average molecular weight is 344 g/mol. The molecule has 1 aromatic rings. The first kappa shape index (κ1) is 17.9. The number of hydrogen-bond acceptors (Lipinski definition) is 4. The highest BCUT2D eigenvalue weighted by molar-refractivity contribution is 5.88. The lowest BCUT2D eigenvalue weighted by atomic mass is 10.1. The predicted molar refractivity (Wildman–Crippen MR) is 96.7 cm³/mol. The van der Waals surface area contributed by atoms with Gasteiger partial charge in [-0.2, -0.15) is 0 Å². The zero-order valence-corrected chi connectivity index (χ0v) is 15.4. The molecule has 2 heterocycles. The van der Waals surface area contributed by atoms with E-state index in [0.29, 0.717) is 13.1 Å². The first-order valence-corrected chi connectivity index (χ1v) is 9.03. The standard InChI is InChI=1S/C19H28N4O2/c1-4-23-8-7-20-19(25)17(23)10-18(24)22(3)11-14-5-6-15-12-21(2)13-16(15)9-14/h5-6,9,17H,4,7-8,10-13H2,1-3H3,(H,20,25)/t17-/m1/s1. The number of benzene rings is 1. The van der Waals surface area contributed by atoms with Crippen LogP contribution in [0.5, 0.6) is 0 Å². The van der Waals surface area contributed by atoms with E-state index >= 15 is 0 Å². The molecule has 2 aliphatic rings. The highest BCUT2D eigenvalue weighted by Gasteiger charge is 2.31. The third kappa shape index (κ3) is 4.02. The fourth-order valence-electron chi connectivity index (χ4n) is 3.76. The summed E-state index contributed by atoms with van der Waals surface area (Å²) in [5.74, 6) is -0.0199. The Hall–Kier alpha value is -1.92. The van der Waals surface area contributed by atoms with Gasteiger partial charge < -0.3 is 10.2 Å². The van der Waals surface area contributed by atoms with Gasteiger partial charge in [-0.25, -0.2) is 0 Å². The molecule has 2 aliphatic heterocycles. The van der Waals surface area contributed by atoms with Crippen molar-refractivity contribution in [3.8, 4) is 0 Å². The molecule has 2 amide bonds. The number of nitrogens with one attached hydrogen (secondary N) is 1. The Morgan fingerprint density at radius 1 is 1.32 bits per heavy atom. The van der Waals surface area contributed by atoms with Gasteiger partial charge in [0.2, 0.25) is 11.8 Å². The van der Waals surface area contributed by atoms with Gasteiger partial charge in [0.15, 0.2) is 0 Å². The van der Waals surface area contributed by atoms with Crippen molar-refractivity contribution in [2.45, 2.75) is 39.0 Å². The molecule has 0 saturated carbocycles. The van der Waals surface area contributed by atoms with Crippen molar-refractivity contribution in [3.05, 3.63) is 34.9 Å². The number of likely N-dealkylation sites (N-methyl/N-ethyl adjacent to an activating group) is 1. The van der Waals surface area contributed by atoms with Crippen molar-refractivity contribution in [1.29, 1.82) is 0 Å². The molecule has 0 aliphatic carbocycles. The van der Waals surface area contributed by atoms with Crippen LogP contribution < -0.4 is 5.32 Å². The number of hydrogen-bond donors (Lipinski definition) is 1. The second-order valence-electron chi connectivity index (χ2n) is 7.16. The number of carbonyl (C=O) groups is 2. The Bertz CT molecular complexity index is 661. The molecule has 1 atom stereocenters. The summed E-state index contributed by atoms with van der Waals surface area (Å²) in [6, 6.07) is 6.13. The van der Waals surface area contributed by atoms with Crippen molar-refractivity contribution in [1.82, 2.24) is 20.0 Å². The number of amides is 2. The minimum atomic E-state index is -0.345. The Labute approximate surface area is 149 Å². The Balaban J connectivity index is 1.61. The van der Waals surface area contributed by atoms with Gasteiger partial charge >= 0.3 is 0 Å². The summed E-state index contributed by atoms with van der Waals surface area (Å²) in [6.07, 6.45) is 0.240. The van der Waals surface area contributed by atoms with E-state index in [1.807, 2.05) is 14.0 Å². The average Bonchev–Trinajstić information content (AvgIpc) is 2.95. The van der Waals surface area contributed by atoms with E-state index in [0.717, 1.165) is 31.7 Å². The molecule has 3 rings (SSSR count). The lowest BCUT2D eigenvalue weighted by molar-refractivity contribution is -0.138. The molecule has 0 spiro atoms. The maximum atomic E-state index is 12.6. The highest BCUT2D eigenvalue weighted by Crippen LogP contribution is 2.23. The van der Waals surface area contributed by atoms with Crippen LogP contribution in [0, 0.1) is 0 Å². The van der Waals surface area contributed by atoms with Crippen LogP contribution in [0.3, 0.4) is 0 Å². The van der Waals surface area contributed by atoms with Gasteiger partial charge in [-0.3, -0.25) is 19.4 Å². The van der Waals surface area contributed by atoms with Crippen molar-refractivity contribution in [2.75, 3.05) is 33.7 Å². The fraction of sp³-hybridized carbons (Fsp3) is 0.579. The van der Waals surface area contributed by atoms with Crippen molar-refractivity contribution in [3.63, 3.8) is 0 Å². The molecule has 1 saturated heterocycles. The van der Waals surface area contributed by atoms with Crippen LogP contribution in [-0.4, -0.2) is 66.3 Å². The molecule has 6 nitrogen and oxygen atoms in total. The second-order valence-corrected chi connectivity index (χ2v) is 7.16. The largest absolute Gasteiger partial charge is 0.353 e. The summed E-state index contributed by atoms with van der Waals surface area (Å²) in [4.78, 5) is 30.8. The first-order valence-electron chi connectivity index (χ1n) is 9.03. The smallest absolute Gasteiger partial charge is 0.237 e. The molecule has 136 valence electrons. The minimum Gasteiger partial charge on any atom is -0.353 e. The molecule has 6 heteroatoms. The van der Waals surface area contributed by atoms with Crippen LogP contribution in [0.4, 0.5) is 0 Å². The predicted octanol–water partition coefficient (Wildman–Crippen LogP) is 0.801. The third-order valence-electron chi connectivity index (χ3n) is 5.21. The molecule has 1 aromatic carbocycles. The number of piperazine rings is 1. The van der Waals surface area contributed by atoms with E-state index in [1.165, 1.54) is 11.1 Å². The zero-order chi connectivity index (χ0) is 18.0. The monoisotopic (exact) mass is 344 g/mol. The van der Waals surface area contributed by atoms with Crippen LogP contribution in [0.15, 0.2) is 18.2 Å². The van der Waals surface area contributed by atoms with Gasteiger partial charge in [-0.1, -0.05) is 25.1 Å². The topological polar surface area (TPSA) is 55.9 Å². The summed E-state index contributed by atoms with van der Waals surface area (Å²) in [7, 11) is 3.93. The highest BCUT2D eigenvalue weighted by atomic mass is 16.2. The summed E-state index contributed by atoms with van der Waals surface area (Å²) in [5.41, 5.74) is 3.87. The number of rotatable bonds is 5. The molecule has 0 radical (unpaired) electrons. The summed E-state index contributed by atoms with van der Waals surface area (Å²) in [5, 5.41) is 2.87. The Kier molecular flexibility index (Phi) is 5.39. The lowest BCUT2D eigenvalue weighted by Crippen LogP contribution is -2.56. The summed E-state index contributed by atoms with van der Waals surface area (Å²) in [6.45, 7) is 6.83. The molecule has 0 bridgehead atoms. The van der Waals surface area contributed by atoms with Crippen LogP contribution >= 0.6 is 0 Å². The molecular formula is C19H28N4O2. The summed E-state index contributed by atoms with van der Waals surface area (Å²) >= 11 is 0. The van der Waals surface area contributed by atoms with Gasteiger partial charge in [-0.15, -0.1) is 0 Å². The van der Waals surface area contributed by atoms with E-state index in [2.05, 4.69) is 40.4 Å². The maximum absolute atomic E-state index is 12.6. The number of fused-ring (bicyclic) bond motifs is 1. The third-order valence-corrected chi connectivity index (χ3v) is 5.21.